The Morgan fingerprint density at radius 3 is 2.74 bits per heavy atom. The second-order valence-corrected chi connectivity index (χ2v) is 6.05. The van der Waals surface area contributed by atoms with Gasteiger partial charge in [0.1, 0.15) is 0 Å². The fraction of sp³-hybridized carbons (Fsp3) is 0.471. The van der Waals surface area contributed by atoms with Crippen LogP contribution in [-0.4, -0.2) is 39.1 Å². The molecule has 1 atom stereocenters. The number of aromatic amines is 1. The lowest BCUT2D eigenvalue weighted by atomic mass is 10.1. The summed E-state index contributed by atoms with van der Waals surface area (Å²) in [5.41, 5.74) is 2.24. The van der Waals surface area contributed by atoms with Crippen molar-refractivity contribution in [1.29, 1.82) is 0 Å². The van der Waals surface area contributed by atoms with Crippen molar-refractivity contribution in [3.8, 4) is 0 Å². The zero-order chi connectivity index (χ0) is 17.0. The molecule has 0 fully saturated rings. The van der Waals surface area contributed by atoms with Gasteiger partial charge in [0.05, 0.1) is 0 Å². The van der Waals surface area contributed by atoms with Crippen LogP contribution < -0.4 is 11.2 Å². The summed E-state index contributed by atoms with van der Waals surface area (Å²) in [6.07, 6.45) is 2.64. The van der Waals surface area contributed by atoms with Crippen molar-refractivity contribution < 1.29 is 0 Å². The summed E-state index contributed by atoms with van der Waals surface area (Å²) < 4.78 is 1.24. The molecule has 0 saturated carbocycles. The molecule has 0 radical (unpaired) electrons. The maximum atomic E-state index is 11.9. The number of nitrogens with zero attached hydrogens (tertiary/aromatic N) is 3. The van der Waals surface area contributed by atoms with Crippen LogP contribution in [0.5, 0.6) is 0 Å². The second kappa shape index (κ2) is 7.37. The first kappa shape index (κ1) is 17.1. The standard InChI is InChI=1S/C17H24N4O2/c1-12-6-5-7-18-15(12)11-14(3)20(4)8-9-21-16(22)10-13(2)19-17(21)23/h5-7,10,14H,8-9,11H2,1-4H3,(H,19,23)/t14-/m0/s1. The lowest BCUT2D eigenvalue weighted by Crippen LogP contribution is -2.40. The Kier molecular flexibility index (Phi) is 5.50. The van der Waals surface area contributed by atoms with Crippen LogP contribution in [0, 0.1) is 13.8 Å². The van der Waals surface area contributed by atoms with Crippen LogP contribution in [-0.2, 0) is 13.0 Å². The number of hydrogen-bond acceptors (Lipinski definition) is 4. The van der Waals surface area contributed by atoms with Crippen LogP contribution in [0.2, 0.25) is 0 Å². The minimum Gasteiger partial charge on any atom is -0.311 e. The molecule has 0 saturated heterocycles. The first-order valence-corrected chi connectivity index (χ1v) is 7.80. The Morgan fingerprint density at radius 1 is 1.35 bits per heavy atom. The summed E-state index contributed by atoms with van der Waals surface area (Å²) in [4.78, 5) is 33.0. The Hall–Kier alpha value is -2.21. The fourth-order valence-corrected chi connectivity index (χ4v) is 2.49. The molecular formula is C17H24N4O2. The molecular weight excluding hydrogens is 292 g/mol. The molecule has 0 unspecified atom stereocenters. The van der Waals surface area contributed by atoms with E-state index in [2.05, 4.69) is 34.8 Å². The van der Waals surface area contributed by atoms with Gasteiger partial charge in [-0.1, -0.05) is 6.07 Å². The maximum Gasteiger partial charge on any atom is 0.328 e. The van der Waals surface area contributed by atoms with E-state index in [0.29, 0.717) is 18.8 Å². The third-order valence-electron chi connectivity index (χ3n) is 4.19. The number of aromatic nitrogens is 3. The van der Waals surface area contributed by atoms with E-state index in [9.17, 15) is 9.59 Å². The highest BCUT2D eigenvalue weighted by molar-refractivity contribution is 5.18. The van der Waals surface area contributed by atoms with Crippen molar-refractivity contribution in [2.75, 3.05) is 13.6 Å². The van der Waals surface area contributed by atoms with Gasteiger partial charge in [-0.3, -0.25) is 14.3 Å². The van der Waals surface area contributed by atoms with E-state index in [4.69, 9.17) is 0 Å². The molecule has 2 heterocycles. The number of hydrogen-bond donors (Lipinski definition) is 1. The van der Waals surface area contributed by atoms with Gasteiger partial charge in [0.15, 0.2) is 0 Å². The van der Waals surface area contributed by atoms with Crippen LogP contribution in [0.15, 0.2) is 34.0 Å². The van der Waals surface area contributed by atoms with E-state index >= 15 is 0 Å². The highest BCUT2D eigenvalue weighted by atomic mass is 16.2. The molecule has 6 nitrogen and oxygen atoms in total. The SMILES string of the molecule is Cc1cc(=O)n(CCN(C)[C@@H](C)Cc2ncccc2C)c(=O)[nH]1. The molecule has 6 heteroatoms. The molecule has 1 N–H and O–H groups in total. The average Bonchev–Trinajstić information content (AvgIpc) is 2.48. The van der Waals surface area contributed by atoms with Crippen LogP contribution in [0.3, 0.4) is 0 Å². The molecule has 0 aliphatic rings. The van der Waals surface area contributed by atoms with Gasteiger partial charge in [-0.2, -0.15) is 0 Å². The minimum absolute atomic E-state index is 0.257. The largest absolute Gasteiger partial charge is 0.328 e. The normalized spacial score (nSPS) is 12.6. The van der Waals surface area contributed by atoms with Crippen LogP contribution >= 0.6 is 0 Å². The number of pyridine rings is 1. The second-order valence-electron chi connectivity index (χ2n) is 6.05. The lowest BCUT2D eigenvalue weighted by Gasteiger charge is -2.25. The van der Waals surface area contributed by atoms with Crippen molar-refractivity contribution in [3.63, 3.8) is 0 Å². The van der Waals surface area contributed by atoms with E-state index in [-0.39, 0.29) is 17.3 Å². The van der Waals surface area contributed by atoms with E-state index < -0.39 is 0 Å². The molecule has 0 amide bonds. The zero-order valence-electron chi connectivity index (χ0n) is 14.2. The third kappa shape index (κ3) is 4.39. The van der Waals surface area contributed by atoms with Crippen molar-refractivity contribution >= 4 is 0 Å². The lowest BCUT2D eigenvalue weighted by molar-refractivity contribution is 0.242. The number of likely N-dealkylation sites (N-methyl/N-ethyl adjacent to an activating group) is 1. The zero-order valence-corrected chi connectivity index (χ0v) is 14.2. The van der Waals surface area contributed by atoms with Crippen LogP contribution in [0.4, 0.5) is 0 Å². The van der Waals surface area contributed by atoms with Gasteiger partial charge in [0.2, 0.25) is 0 Å². The Labute approximate surface area is 135 Å². The topological polar surface area (TPSA) is 71.0 Å². The summed E-state index contributed by atoms with van der Waals surface area (Å²) in [7, 11) is 2.00. The molecule has 0 aliphatic heterocycles. The van der Waals surface area contributed by atoms with Crippen molar-refractivity contribution in [1.82, 2.24) is 19.4 Å². The summed E-state index contributed by atoms with van der Waals surface area (Å²) in [6, 6.07) is 5.70. The van der Waals surface area contributed by atoms with Gasteiger partial charge in [-0.25, -0.2) is 4.79 Å². The van der Waals surface area contributed by atoms with Crippen molar-refractivity contribution in [3.05, 3.63) is 62.2 Å². The first-order valence-electron chi connectivity index (χ1n) is 7.80. The van der Waals surface area contributed by atoms with Gasteiger partial charge in [0.25, 0.3) is 5.56 Å². The summed E-state index contributed by atoms with van der Waals surface area (Å²) in [6.45, 7) is 6.88. The molecule has 2 aromatic rings. The van der Waals surface area contributed by atoms with Crippen LogP contribution in [0.25, 0.3) is 0 Å². The van der Waals surface area contributed by atoms with Gasteiger partial charge < -0.3 is 9.88 Å². The predicted molar refractivity (Wildman–Crippen MR) is 90.8 cm³/mol. The number of aryl methyl sites for hydroxylation is 2. The van der Waals surface area contributed by atoms with Crippen molar-refractivity contribution in [2.45, 2.75) is 39.8 Å². The van der Waals surface area contributed by atoms with Crippen molar-refractivity contribution in [2.24, 2.45) is 0 Å². The molecule has 0 bridgehead atoms. The fourth-order valence-electron chi connectivity index (χ4n) is 2.49. The minimum atomic E-state index is -0.350. The average molecular weight is 316 g/mol. The number of rotatable bonds is 6. The molecule has 23 heavy (non-hydrogen) atoms. The Balaban J connectivity index is 2.00. The Bertz CT molecular complexity index is 747. The summed E-state index contributed by atoms with van der Waals surface area (Å²) in [5.74, 6) is 0. The quantitative estimate of drug-likeness (QED) is 0.867. The van der Waals surface area contributed by atoms with E-state index in [1.165, 1.54) is 16.2 Å². The molecule has 124 valence electrons. The van der Waals surface area contributed by atoms with Gasteiger partial charge in [-0.05, 0) is 39.4 Å². The monoisotopic (exact) mass is 316 g/mol. The first-order chi connectivity index (χ1) is 10.9. The van der Waals surface area contributed by atoms with E-state index in [1.807, 2.05) is 13.1 Å². The number of H-pyrrole nitrogens is 1. The van der Waals surface area contributed by atoms with E-state index in [0.717, 1.165) is 12.1 Å². The Morgan fingerprint density at radius 2 is 2.09 bits per heavy atom. The molecule has 0 spiro atoms. The van der Waals surface area contributed by atoms with Gasteiger partial charge in [0, 0.05) is 49.2 Å². The van der Waals surface area contributed by atoms with Gasteiger partial charge in [-0.15, -0.1) is 0 Å². The highest BCUT2D eigenvalue weighted by Crippen LogP contribution is 2.09. The highest BCUT2D eigenvalue weighted by Gasteiger charge is 2.13. The predicted octanol–water partition coefficient (Wildman–Crippen LogP) is 1.11. The maximum absolute atomic E-state index is 11.9. The number of nitrogens with one attached hydrogen (secondary N) is 1. The van der Waals surface area contributed by atoms with Crippen LogP contribution in [0.1, 0.15) is 23.9 Å². The van der Waals surface area contributed by atoms with Gasteiger partial charge >= 0.3 is 5.69 Å². The molecule has 2 rings (SSSR count). The van der Waals surface area contributed by atoms with E-state index in [1.54, 1.807) is 13.1 Å². The third-order valence-corrected chi connectivity index (χ3v) is 4.19. The molecule has 0 aromatic carbocycles. The summed E-state index contributed by atoms with van der Waals surface area (Å²) >= 11 is 0. The molecule has 2 aromatic heterocycles. The molecule has 0 aliphatic carbocycles. The smallest absolute Gasteiger partial charge is 0.311 e. The summed E-state index contributed by atoms with van der Waals surface area (Å²) in [5, 5.41) is 0.